The molecule has 0 N–H and O–H groups in total. The van der Waals surface area contributed by atoms with Crippen molar-refractivity contribution in [1.82, 2.24) is 0 Å². The molecule has 0 aliphatic carbocycles. The molecule has 0 aliphatic heterocycles. The minimum absolute atomic E-state index is 0.317. The summed E-state index contributed by atoms with van der Waals surface area (Å²) in [5, 5.41) is 0. The molecule has 0 aromatic carbocycles. The molecule has 1 rings (SSSR count). The Morgan fingerprint density at radius 2 is 1.93 bits per heavy atom. The highest BCUT2D eigenvalue weighted by molar-refractivity contribution is 7.12. The lowest BCUT2D eigenvalue weighted by molar-refractivity contribution is -0.0958. The highest BCUT2D eigenvalue weighted by atomic mass is 32.1. The zero-order chi connectivity index (χ0) is 11.8. The monoisotopic (exact) mass is 240 g/mol. The van der Waals surface area contributed by atoms with Gasteiger partial charge in [-0.1, -0.05) is 0 Å². The number of halogens is 4. The minimum Gasteiger partial charge on any atom is -0.287 e. The minimum atomic E-state index is -4.60. The number of ketones is 1. The van der Waals surface area contributed by atoms with Crippen LogP contribution in [0.15, 0.2) is 6.07 Å². The molecule has 0 aliphatic rings. The van der Waals surface area contributed by atoms with Crippen LogP contribution in [-0.4, -0.2) is 18.1 Å². The third-order valence-corrected chi connectivity index (χ3v) is 2.83. The van der Waals surface area contributed by atoms with Gasteiger partial charge in [-0.2, -0.15) is 8.78 Å². The molecule has 6 heteroatoms. The van der Waals surface area contributed by atoms with Gasteiger partial charge in [0.25, 0.3) is 0 Å². The van der Waals surface area contributed by atoms with E-state index in [9.17, 15) is 22.4 Å². The van der Waals surface area contributed by atoms with Crippen molar-refractivity contribution in [1.29, 1.82) is 0 Å². The molecule has 15 heavy (non-hydrogen) atoms. The van der Waals surface area contributed by atoms with Gasteiger partial charge in [0.15, 0.2) is 0 Å². The summed E-state index contributed by atoms with van der Waals surface area (Å²) >= 11 is 1.13. The summed E-state index contributed by atoms with van der Waals surface area (Å²) in [5.74, 6) is -6.41. The Kier molecular flexibility index (Phi) is 3.18. The molecule has 0 radical (unpaired) electrons. The highest BCUT2D eigenvalue weighted by Gasteiger charge is 2.49. The van der Waals surface area contributed by atoms with Crippen LogP contribution in [0.1, 0.15) is 20.1 Å². The van der Waals surface area contributed by atoms with Crippen LogP contribution < -0.4 is 0 Å². The normalized spacial score (nSPS) is 12.2. The summed E-state index contributed by atoms with van der Waals surface area (Å²) < 4.78 is 49.3. The van der Waals surface area contributed by atoms with E-state index in [1.165, 1.54) is 13.0 Å². The topological polar surface area (TPSA) is 17.1 Å². The predicted octanol–water partition coefficient (Wildman–Crippen LogP) is 3.45. The molecule has 84 valence electrons. The highest BCUT2D eigenvalue weighted by Crippen LogP contribution is 2.31. The Morgan fingerprint density at radius 1 is 1.40 bits per heavy atom. The van der Waals surface area contributed by atoms with Crippen molar-refractivity contribution in [2.75, 3.05) is 0 Å². The van der Waals surface area contributed by atoms with Crippen LogP contribution in [0.2, 0.25) is 0 Å². The lowest BCUT2D eigenvalue weighted by atomic mass is 10.1. The van der Waals surface area contributed by atoms with E-state index in [2.05, 4.69) is 0 Å². The molecule has 1 aromatic rings. The fourth-order valence-electron chi connectivity index (χ4n) is 1.13. The first kappa shape index (κ1) is 12.2. The molecule has 1 aromatic heterocycles. The van der Waals surface area contributed by atoms with E-state index in [1.54, 1.807) is 6.92 Å². The van der Waals surface area contributed by atoms with Gasteiger partial charge in [-0.05, 0) is 19.9 Å². The number of Topliss-reactive ketones (excluding diaryl/α,β-unsaturated/α-hetero) is 1. The quantitative estimate of drug-likeness (QED) is 0.584. The lowest BCUT2D eigenvalue weighted by Crippen LogP contribution is -2.36. The molecule has 0 unspecified atom stereocenters. The van der Waals surface area contributed by atoms with Crippen molar-refractivity contribution in [3.05, 3.63) is 21.4 Å². The molecule has 0 fully saturated rings. The van der Waals surface area contributed by atoms with E-state index in [4.69, 9.17) is 0 Å². The van der Waals surface area contributed by atoms with Gasteiger partial charge in [0.2, 0.25) is 5.78 Å². The molecule has 1 heterocycles. The standard InChI is InChI=1S/C9H8F4OS/c1-4-3-6(5(2)15-4)7(14)9(12,13)8(10)11/h3,8H,1-2H3. The first-order valence-corrected chi connectivity index (χ1v) is 4.86. The Hall–Kier alpha value is -0.910. The van der Waals surface area contributed by atoms with Gasteiger partial charge in [-0.15, -0.1) is 11.3 Å². The van der Waals surface area contributed by atoms with Gasteiger partial charge in [0.1, 0.15) is 0 Å². The van der Waals surface area contributed by atoms with E-state index >= 15 is 0 Å². The number of alkyl halides is 4. The van der Waals surface area contributed by atoms with E-state index in [0.717, 1.165) is 11.3 Å². The number of carbonyl (C=O) groups is 1. The van der Waals surface area contributed by atoms with Gasteiger partial charge >= 0.3 is 12.3 Å². The van der Waals surface area contributed by atoms with Crippen LogP contribution in [0.3, 0.4) is 0 Å². The Morgan fingerprint density at radius 3 is 2.27 bits per heavy atom. The molecule has 0 spiro atoms. The van der Waals surface area contributed by atoms with E-state index in [1.807, 2.05) is 0 Å². The third kappa shape index (κ3) is 2.19. The summed E-state index contributed by atoms with van der Waals surface area (Å²) in [4.78, 5) is 12.1. The number of thiophene rings is 1. The molecule has 0 atom stereocenters. The smallest absolute Gasteiger partial charge is 0.287 e. The van der Waals surface area contributed by atoms with E-state index in [-0.39, 0.29) is 5.56 Å². The largest absolute Gasteiger partial charge is 0.368 e. The zero-order valence-corrected chi connectivity index (χ0v) is 8.80. The van der Waals surface area contributed by atoms with Gasteiger partial charge < -0.3 is 0 Å². The van der Waals surface area contributed by atoms with Gasteiger partial charge in [-0.25, -0.2) is 8.78 Å². The molecule has 0 amide bonds. The summed E-state index contributed by atoms with van der Waals surface area (Å²) in [7, 11) is 0. The third-order valence-electron chi connectivity index (χ3n) is 1.86. The maximum atomic E-state index is 12.7. The van der Waals surface area contributed by atoms with Crippen molar-refractivity contribution in [2.24, 2.45) is 0 Å². The van der Waals surface area contributed by atoms with Crippen LogP contribution in [0, 0.1) is 13.8 Å². The molecular weight excluding hydrogens is 232 g/mol. The second kappa shape index (κ2) is 3.92. The number of aryl methyl sites for hydroxylation is 2. The van der Waals surface area contributed by atoms with Crippen molar-refractivity contribution >= 4 is 17.1 Å². The lowest BCUT2D eigenvalue weighted by Gasteiger charge is -2.13. The zero-order valence-electron chi connectivity index (χ0n) is 7.98. The first-order chi connectivity index (χ1) is 6.76. The van der Waals surface area contributed by atoms with Gasteiger partial charge in [-0.3, -0.25) is 4.79 Å². The van der Waals surface area contributed by atoms with Crippen LogP contribution in [0.25, 0.3) is 0 Å². The number of rotatable bonds is 3. The maximum absolute atomic E-state index is 12.7. The second-order valence-electron chi connectivity index (χ2n) is 3.08. The maximum Gasteiger partial charge on any atom is 0.368 e. The van der Waals surface area contributed by atoms with Crippen molar-refractivity contribution in [3.63, 3.8) is 0 Å². The average molecular weight is 240 g/mol. The summed E-state index contributed by atoms with van der Waals surface area (Å²) in [6.45, 7) is 3.07. The fourth-order valence-corrected chi connectivity index (χ4v) is 2.06. The number of hydrogen-bond acceptors (Lipinski definition) is 2. The molecule has 0 saturated heterocycles. The Bertz CT molecular complexity index is 383. The summed E-state index contributed by atoms with van der Waals surface area (Å²) in [6, 6.07) is 1.21. The number of hydrogen-bond donors (Lipinski definition) is 0. The van der Waals surface area contributed by atoms with Crippen molar-refractivity contribution in [2.45, 2.75) is 26.2 Å². The Labute approximate surface area is 87.7 Å². The Balaban J connectivity index is 3.10. The SMILES string of the molecule is Cc1cc(C(=O)C(F)(F)C(F)F)c(C)s1. The van der Waals surface area contributed by atoms with Gasteiger partial charge in [0.05, 0.1) is 0 Å². The van der Waals surface area contributed by atoms with Gasteiger partial charge in [0, 0.05) is 15.3 Å². The van der Waals surface area contributed by atoms with Crippen LogP contribution in [0.5, 0.6) is 0 Å². The molecule has 0 saturated carbocycles. The average Bonchev–Trinajstić information content (AvgIpc) is 2.43. The first-order valence-electron chi connectivity index (χ1n) is 4.04. The fraction of sp³-hybridized carbons (Fsp3) is 0.444. The van der Waals surface area contributed by atoms with Crippen molar-refractivity contribution < 1.29 is 22.4 Å². The van der Waals surface area contributed by atoms with Crippen molar-refractivity contribution in [3.8, 4) is 0 Å². The molecular formula is C9H8F4OS. The molecule has 1 nitrogen and oxygen atoms in total. The van der Waals surface area contributed by atoms with Crippen LogP contribution >= 0.6 is 11.3 Å². The summed E-state index contributed by atoms with van der Waals surface area (Å²) in [6.07, 6.45) is -3.97. The number of carbonyl (C=O) groups excluding carboxylic acids is 1. The van der Waals surface area contributed by atoms with Crippen LogP contribution in [-0.2, 0) is 0 Å². The predicted molar refractivity (Wildman–Crippen MR) is 49.1 cm³/mol. The summed E-state index contributed by atoms with van der Waals surface area (Å²) in [5.41, 5.74) is -0.317. The van der Waals surface area contributed by atoms with Crippen LogP contribution in [0.4, 0.5) is 17.6 Å². The molecule has 0 bridgehead atoms. The van der Waals surface area contributed by atoms with E-state index in [0.29, 0.717) is 9.75 Å². The second-order valence-corrected chi connectivity index (χ2v) is 4.54. The van der Waals surface area contributed by atoms with E-state index < -0.39 is 18.1 Å².